The number of benzene rings is 1. The van der Waals surface area contributed by atoms with E-state index < -0.39 is 0 Å². The Hall–Kier alpha value is -2.25. The van der Waals surface area contributed by atoms with Crippen LogP contribution in [0.15, 0.2) is 54.5 Å². The Morgan fingerprint density at radius 1 is 1.28 bits per heavy atom. The standard InChI is InChI=1S/C15H16O3/c1-4-8-14(17-2)15(18-3)13(11-16)12-9-6-5-7-10-12/h4-7,9-10H,1,8H2,2-3H3/b15-14-. The Morgan fingerprint density at radius 2 is 1.94 bits per heavy atom. The molecule has 0 fully saturated rings. The summed E-state index contributed by atoms with van der Waals surface area (Å²) >= 11 is 0. The molecule has 1 aromatic carbocycles. The zero-order valence-electron chi connectivity index (χ0n) is 10.6. The van der Waals surface area contributed by atoms with Crippen molar-refractivity contribution in [1.29, 1.82) is 0 Å². The van der Waals surface area contributed by atoms with Crippen LogP contribution in [0.3, 0.4) is 0 Å². The molecule has 18 heavy (non-hydrogen) atoms. The molecule has 0 heterocycles. The van der Waals surface area contributed by atoms with Crippen molar-refractivity contribution in [3.05, 3.63) is 60.1 Å². The van der Waals surface area contributed by atoms with Gasteiger partial charge in [0.25, 0.3) is 0 Å². The van der Waals surface area contributed by atoms with Gasteiger partial charge in [-0.05, 0) is 5.56 Å². The third-order valence-corrected chi connectivity index (χ3v) is 2.43. The van der Waals surface area contributed by atoms with Crippen molar-refractivity contribution < 1.29 is 14.3 Å². The minimum atomic E-state index is 0.344. The molecule has 3 nitrogen and oxygen atoms in total. The van der Waals surface area contributed by atoms with E-state index in [2.05, 4.69) is 6.58 Å². The highest BCUT2D eigenvalue weighted by atomic mass is 16.5. The molecule has 0 atom stereocenters. The van der Waals surface area contributed by atoms with Crippen LogP contribution in [0, 0.1) is 0 Å². The first kappa shape index (κ1) is 13.8. The predicted octanol–water partition coefficient (Wildman–Crippen LogP) is 2.98. The molecule has 0 aliphatic heterocycles. The van der Waals surface area contributed by atoms with Crippen molar-refractivity contribution in [3.63, 3.8) is 0 Å². The van der Waals surface area contributed by atoms with Crippen LogP contribution in [-0.4, -0.2) is 20.2 Å². The predicted molar refractivity (Wildman–Crippen MR) is 71.4 cm³/mol. The summed E-state index contributed by atoms with van der Waals surface area (Å²) in [5, 5.41) is 0. The van der Waals surface area contributed by atoms with Gasteiger partial charge in [0, 0.05) is 6.42 Å². The maximum atomic E-state index is 11.2. The van der Waals surface area contributed by atoms with E-state index in [4.69, 9.17) is 9.47 Å². The van der Waals surface area contributed by atoms with E-state index in [1.54, 1.807) is 6.08 Å². The lowest BCUT2D eigenvalue weighted by atomic mass is 10.0. The fourth-order valence-corrected chi connectivity index (χ4v) is 1.60. The number of hydrogen-bond donors (Lipinski definition) is 0. The first-order chi connectivity index (χ1) is 8.78. The lowest BCUT2D eigenvalue weighted by Crippen LogP contribution is -2.01. The van der Waals surface area contributed by atoms with Crippen LogP contribution < -0.4 is 0 Å². The molecule has 0 saturated carbocycles. The van der Waals surface area contributed by atoms with Gasteiger partial charge in [-0.3, -0.25) is 0 Å². The molecule has 0 aliphatic rings. The van der Waals surface area contributed by atoms with E-state index in [0.717, 1.165) is 5.56 Å². The van der Waals surface area contributed by atoms with Gasteiger partial charge < -0.3 is 9.47 Å². The molecule has 1 rings (SSSR count). The summed E-state index contributed by atoms with van der Waals surface area (Å²) in [4.78, 5) is 11.2. The molecule has 0 spiro atoms. The summed E-state index contributed by atoms with van der Waals surface area (Å²) < 4.78 is 10.5. The summed E-state index contributed by atoms with van der Waals surface area (Å²) in [5.41, 5.74) is 1.08. The van der Waals surface area contributed by atoms with Gasteiger partial charge in [0.2, 0.25) is 0 Å². The van der Waals surface area contributed by atoms with Gasteiger partial charge in [-0.15, -0.1) is 6.58 Å². The molecule has 94 valence electrons. The Morgan fingerprint density at radius 3 is 2.39 bits per heavy atom. The van der Waals surface area contributed by atoms with Crippen molar-refractivity contribution in [3.8, 4) is 0 Å². The maximum absolute atomic E-state index is 11.2. The third-order valence-electron chi connectivity index (χ3n) is 2.43. The molecule has 0 saturated heterocycles. The summed E-state index contributed by atoms with van der Waals surface area (Å²) in [5.74, 6) is 2.85. The quantitative estimate of drug-likeness (QED) is 0.334. The van der Waals surface area contributed by atoms with Crippen LogP contribution in [0.4, 0.5) is 0 Å². The summed E-state index contributed by atoms with van der Waals surface area (Å²) in [7, 11) is 3.03. The number of allylic oxidation sites excluding steroid dienone is 2. The van der Waals surface area contributed by atoms with E-state index in [1.807, 2.05) is 36.3 Å². The number of methoxy groups -OCH3 is 2. The molecule has 0 bridgehead atoms. The highest BCUT2D eigenvalue weighted by molar-refractivity contribution is 5.95. The SMILES string of the molecule is C=CC/C(OC)=C(/OC)C(=C=O)c1ccccc1. The molecule has 0 aliphatic carbocycles. The first-order valence-corrected chi connectivity index (χ1v) is 5.51. The zero-order valence-corrected chi connectivity index (χ0v) is 10.6. The van der Waals surface area contributed by atoms with Gasteiger partial charge >= 0.3 is 0 Å². The summed E-state index contributed by atoms with van der Waals surface area (Å²) in [6.45, 7) is 3.65. The van der Waals surface area contributed by atoms with Gasteiger partial charge in [-0.2, -0.15) is 0 Å². The molecular weight excluding hydrogens is 228 g/mol. The Kier molecular flexibility index (Phi) is 5.49. The highest BCUT2D eigenvalue weighted by Crippen LogP contribution is 2.25. The molecule has 0 unspecified atom stereocenters. The van der Waals surface area contributed by atoms with E-state index in [0.29, 0.717) is 23.5 Å². The van der Waals surface area contributed by atoms with E-state index >= 15 is 0 Å². The second kappa shape index (κ2) is 7.15. The van der Waals surface area contributed by atoms with Gasteiger partial charge in [0.15, 0.2) is 5.76 Å². The van der Waals surface area contributed by atoms with Crippen LogP contribution in [-0.2, 0) is 14.3 Å². The normalized spacial score (nSPS) is 11.0. The molecule has 0 radical (unpaired) electrons. The van der Waals surface area contributed by atoms with Crippen molar-refractivity contribution in [2.75, 3.05) is 14.2 Å². The lowest BCUT2D eigenvalue weighted by Gasteiger charge is -2.13. The molecule has 1 aromatic rings. The van der Waals surface area contributed by atoms with E-state index in [9.17, 15) is 4.79 Å². The van der Waals surface area contributed by atoms with Crippen molar-refractivity contribution in [2.24, 2.45) is 0 Å². The Bertz CT molecular complexity index is 480. The van der Waals surface area contributed by atoms with Gasteiger partial charge in [-0.25, -0.2) is 4.79 Å². The number of ether oxygens (including phenoxy) is 2. The number of rotatable bonds is 6. The monoisotopic (exact) mass is 244 g/mol. The zero-order chi connectivity index (χ0) is 13.4. The molecule has 0 amide bonds. The average molecular weight is 244 g/mol. The molecule has 0 aromatic heterocycles. The van der Waals surface area contributed by atoms with E-state index in [-0.39, 0.29) is 0 Å². The topological polar surface area (TPSA) is 35.5 Å². The summed E-state index contributed by atoms with van der Waals surface area (Å²) in [6, 6.07) is 9.21. The van der Waals surface area contributed by atoms with E-state index in [1.165, 1.54) is 14.2 Å². The van der Waals surface area contributed by atoms with Crippen LogP contribution in [0.2, 0.25) is 0 Å². The van der Waals surface area contributed by atoms with Crippen LogP contribution in [0.25, 0.3) is 5.57 Å². The molecule has 0 N–H and O–H groups in total. The third kappa shape index (κ3) is 3.12. The van der Waals surface area contributed by atoms with Crippen molar-refractivity contribution >= 4 is 11.5 Å². The Labute approximate surface area is 107 Å². The average Bonchev–Trinajstić information content (AvgIpc) is 2.43. The second-order valence-corrected chi connectivity index (χ2v) is 3.50. The highest BCUT2D eigenvalue weighted by Gasteiger charge is 2.15. The number of hydrogen-bond acceptors (Lipinski definition) is 3. The second-order valence-electron chi connectivity index (χ2n) is 3.50. The maximum Gasteiger partial charge on any atom is 0.175 e. The summed E-state index contributed by atoms with van der Waals surface area (Å²) in [6.07, 6.45) is 2.17. The minimum Gasteiger partial charge on any atom is -0.497 e. The van der Waals surface area contributed by atoms with Gasteiger partial charge in [0.1, 0.15) is 17.3 Å². The van der Waals surface area contributed by atoms with Gasteiger partial charge in [-0.1, -0.05) is 36.4 Å². The Balaban J connectivity index is 3.29. The molecule has 3 heteroatoms. The largest absolute Gasteiger partial charge is 0.497 e. The fourth-order valence-electron chi connectivity index (χ4n) is 1.60. The minimum absolute atomic E-state index is 0.344. The van der Waals surface area contributed by atoms with Crippen LogP contribution in [0.5, 0.6) is 0 Å². The van der Waals surface area contributed by atoms with Crippen LogP contribution >= 0.6 is 0 Å². The number of carbonyl (C=O) groups excluding carboxylic acids is 1. The molecular formula is C15H16O3. The van der Waals surface area contributed by atoms with Crippen molar-refractivity contribution in [1.82, 2.24) is 0 Å². The first-order valence-electron chi connectivity index (χ1n) is 5.51. The van der Waals surface area contributed by atoms with Crippen molar-refractivity contribution in [2.45, 2.75) is 6.42 Å². The van der Waals surface area contributed by atoms with Crippen LogP contribution in [0.1, 0.15) is 12.0 Å². The van der Waals surface area contributed by atoms with Gasteiger partial charge in [0.05, 0.1) is 14.2 Å². The smallest absolute Gasteiger partial charge is 0.175 e. The lowest BCUT2D eigenvalue weighted by molar-refractivity contribution is 0.229. The fraction of sp³-hybridized carbons (Fsp3) is 0.200.